The van der Waals surface area contributed by atoms with Crippen LogP contribution in [-0.2, 0) is 14.8 Å². The third-order valence-electron chi connectivity index (χ3n) is 2.32. The fraction of sp³-hybridized carbons (Fsp3) is 0.417. The Morgan fingerprint density at radius 3 is 2.45 bits per heavy atom. The van der Waals surface area contributed by atoms with Crippen LogP contribution in [0.2, 0.25) is 0 Å². The summed E-state index contributed by atoms with van der Waals surface area (Å²) >= 11 is 0. The van der Waals surface area contributed by atoms with Gasteiger partial charge in [-0.05, 0) is 39.0 Å². The molecule has 0 radical (unpaired) electrons. The summed E-state index contributed by atoms with van der Waals surface area (Å²) in [7, 11) is -4.15. The fourth-order valence-corrected chi connectivity index (χ4v) is 2.12. The van der Waals surface area contributed by atoms with Gasteiger partial charge in [0, 0.05) is 6.04 Å². The first-order chi connectivity index (χ1) is 9.11. The van der Waals surface area contributed by atoms with Crippen LogP contribution in [0.25, 0.3) is 0 Å². The molecule has 0 fully saturated rings. The number of sulfonamides is 1. The first-order valence-corrected chi connectivity index (χ1v) is 7.45. The van der Waals surface area contributed by atoms with Crippen LogP contribution in [-0.4, -0.2) is 26.5 Å². The summed E-state index contributed by atoms with van der Waals surface area (Å²) in [6, 6.07) is 2.81. The number of benzene rings is 1. The smallest absolute Gasteiger partial charge is 0.260 e. The molecule has 0 aliphatic rings. The van der Waals surface area contributed by atoms with Gasteiger partial charge in [0.2, 0.25) is 10.0 Å². The predicted octanol–water partition coefficient (Wildman–Crippen LogP) is 0.765. The Bertz CT molecular complexity index is 601. The van der Waals surface area contributed by atoms with Crippen molar-refractivity contribution >= 4 is 15.9 Å². The Balaban J connectivity index is 3.01. The third-order valence-corrected chi connectivity index (χ3v) is 3.25. The topological polar surface area (TPSA) is 98.5 Å². The maximum atomic E-state index is 13.1. The summed E-state index contributed by atoms with van der Waals surface area (Å²) in [5.74, 6) is -1.34. The van der Waals surface area contributed by atoms with Crippen LogP contribution >= 0.6 is 0 Å². The third kappa shape index (κ3) is 4.46. The Morgan fingerprint density at radius 1 is 1.35 bits per heavy atom. The SMILES string of the molecule is CC(C)NC(=O)C(C)Oc1ccc(F)cc1S(N)(=O)=O. The fourth-order valence-electron chi connectivity index (χ4n) is 1.45. The Morgan fingerprint density at radius 2 is 1.95 bits per heavy atom. The lowest BCUT2D eigenvalue weighted by Crippen LogP contribution is -2.40. The molecule has 112 valence electrons. The zero-order chi connectivity index (χ0) is 15.5. The highest BCUT2D eigenvalue weighted by Crippen LogP contribution is 2.24. The molecular weight excluding hydrogens is 287 g/mol. The van der Waals surface area contributed by atoms with Gasteiger partial charge >= 0.3 is 0 Å². The van der Waals surface area contributed by atoms with Crippen LogP contribution in [0.15, 0.2) is 23.1 Å². The first-order valence-electron chi connectivity index (χ1n) is 5.90. The molecule has 0 saturated heterocycles. The zero-order valence-corrected chi connectivity index (χ0v) is 12.2. The molecule has 8 heteroatoms. The normalized spacial score (nSPS) is 13.1. The lowest BCUT2D eigenvalue weighted by atomic mass is 10.3. The standard InChI is InChI=1S/C12H17FN2O4S/c1-7(2)15-12(16)8(3)19-10-5-4-9(13)6-11(10)20(14,17)18/h4-8H,1-3H3,(H,15,16)(H2,14,17,18). The van der Waals surface area contributed by atoms with E-state index in [1.807, 2.05) is 0 Å². The van der Waals surface area contributed by atoms with Crippen molar-refractivity contribution in [1.82, 2.24) is 5.32 Å². The minimum absolute atomic E-state index is 0.0838. The molecule has 20 heavy (non-hydrogen) atoms. The predicted molar refractivity (Wildman–Crippen MR) is 71.1 cm³/mol. The maximum Gasteiger partial charge on any atom is 0.260 e. The van der Waals surface area contributed by atoms with E-state index in [2.05, 4.69) is 5.32 Å². The molecule has 0 bridgehead atoms. The van der Waals surface area contributed by atoms with Crippen molar-refractivity contribution < 1.29 is 22.3 Å². The minimum Gasteiger partial charge on any atom is -0.479 e. The molecule has 0 aliphatic carbocycles. The van der Waals surface area contributed by atoms with Gasteiger partial charge in [-0.15, -0.1) is 0 Å². The van der Waals surface area contributed by atoms with Gasteiger partial charge < -0.3 is 10.1 Å². The molecule has 6 nitrogen and oxygen atoms in total. The summed E-state index contributed by atoms with van der Waals surface area (Å²) in [6.45, 7) is 5.00. The van der Waals surface area contributed by atoms with E-state index in [4.69, 9.17) is 9.88 Å². The van der Waals surface area contributed by atoms with Gasteiger partial charge in [0.05, 0.1) is 0 Å². The molecular formula is C12H17FN2O4S. The van der Waals surface area contributed by atoms with Crippen molar-refractivity contribution in [2.45, 2.75) is 37.8 Å². The molecule has 1 aromatic carbocycles. The number of primary sulfonamides is 1. The van der Waals surface area contributed by atoms with Crippen molar-refractivity contribution in [2.75, 3.05) is 0 Å². The van der Waals surface area contributed by atoms with Gasteiger partial charge in [0.25, 0.3) is 5.91 Å². The quantitative estimate of drug-likeness (QED) is 0.839. The highest BCUT2D eigenvalue weighted by atomic mass is 32.2. The summed E-state index contributed by atoms with van der Waals surface area (Å²) < 4.78 is 41.1. The number of carbonyl (C=O) groups excluding carboxylic acids is 1. The van der Waals surface area contributed by atoms with Gasteiger partial charge in [0.1, 0.15) is 16.5 Å². The van der Waals surface area contributed by atoms with Gasteiger partial charge in [-0.2, -0.15) is 0 Å². The second-order valence-electron chi connectivity index (χ2n) is 4.56. The molecule has 0 spiro atoms. The number of hydrogen-bond donors (Lipinski definition) is 2. The molecule has 1 atom stereocenters. The largest absolute Gasteiger partial charge is 0.479 e. The van der Waals surface area contributed by atoms with Crippen LogP contribution in [0.1, 0.15) is 20.8 Å². The van der Waals surface area contributed by atoms with E-state index in [1.54, 1.807) is 13.8 Å². The number of hydrogen-bond acceptors (Lipinski definition) is 4. The molecule has 1 aromatic rings. The van der Waals surface area contributed by atoms with Gasteiger partial charge in [-0.3, -0.25) is 4.79 Å². The molecule has 1 unspecified atom stereocenters. The lowest BCUT2D eigenvalue weighted by molar-refractivity contribution is -0.127. The van der Waals surface area contributed by atoms with Crippen LogP contribution in [0, 0.1) is 5.82 Å². The molecule has 0 aromatic heterocycles. The van der Waals surface area contributed by atoms with Crippen LogP contribution in [0.5, 0.6) is 5.75 Å². The van der Waals surface area contributed by atoms with E-state index >= 15 is 0 Å². The Kier molecular flexibility index (Phi) is 5.07. The van der Waals surface area contributed by atoms with Crippen molar-refractivity contribution in [1.29, 1.82) is 0 Å². The van der Waals surface area contributed by atoms with Crippen molar-refractivity contribution in [2.24, 2.45) is 5.14 Å². The Labute approximate surface area is 117 Å². The molecule has 1 rings (SSSR count). The van der Waals surface area contributed by atoms with Gasteiger partial charge in [-0.1, -0.05) is 0 Å². The van der Waals surface area contributed by atoms with Crippen molar-refractivity contribution in [3.05, 3.63) is 24.0 Å². The zero-order valence-electron chi connectivity index (χ0n) is 11.4. The molecule has 0 saturated carbocycles. The van der Waals surface area contributed by atoms with Crippen molar-refractivity contribution in [3.8, 4) is 5.75 Å². The number of ether oxygens (including phenoxy) is 1. The molecule has 3 N–H and O–H groups in total. The average molecular weight is 304 g/mol. The second kappa shape index (κ2) is 6.19. The number of carbonyl (C=O) groups is 1. The van der Waals surface area contributed by atoms with Crippen LogP contribution < -0.4 is 15.2 Å². The van der Waals surface area contributed by atoms with E-state index in [1.165, 1.54) is 6.92 Å². The summed E-state index contributed by atoms with van der Waals surface area (Å²) in [5, 5.41) is 7.60. The number of halogens is 1. The maximum absolute atomic E-state index is 13.1. The number of nitrogens with one attached hydrogen (secondary N) is 1. The van der Waals surface area contributed by atoms with Gasteiger partial charge in [-0.25, -0.2) is 17.9 Å². The van der Waals surface area contributed by atoms with Crippen LogP contribution in [0.4, 0.5) is 4.39 Å². The summed E-state index contributed by atoms with van der Waals surface area (Å²) in [4.78, 5) is 11.2. The van der Waals surface area contributed by atoms with E-state index in [-0.39, 0.29) is 11.8 Å². The first kappa shape index (κ1) is 16.4. The molecule has 1 amide bonds. The average Bonchev–Trinajstić information content (AvgIpc) is 2.29. The number of amides is 1. The van der Waals surface area contributed by atoms with E-state index in [0.717, 1.165) is 18.2 Å². The summed E-state index contributed by atoms with van der Waals surface area (Å²) in [6.07, 6.45) is -0.941. The minimum atomic E-state index is -4.15. The van der Waals surface area contributed by atoms with E-state index < -0.39 is 32.7 Å². The highest BCUT2D eigenvalue weighted by Gasteiger charge is 2.21. The summed E-state index contributed by atoms with van der Waals surface area (Å²) in [5.41, 5.74) is 0. The van der Waals surface area contributed by atoms with E-state index in [0.29, 0.717) is 0 Å². The number of rotatable bonds is 5. The highest BCUT2D eigenvalue weighted by molar-refractivity contribution is 7.89. The lowest BCUT2D eigenvalue weighted by Gasteiger charge is -2.18. The number of nitrogens with two attached hydrogens (primary N) is 1. The second-order valence-corrected chi connectivity index (χ2v) is 6.09. The monoisotopic (exact) mass is 304 g/mol. The van der Waals surface area contributed by atoms with Crippen LogP contribution in [0.3, 0.4) is 0 Å². The van der Waals surface area contributed by atoms with Crippen molar-refractivity contribution in [3.63, 3.8) is 0 Å². The molecule has 0 heterocycles. The van der Waals surface area contributed by atoms with Gasteiger partial charge in [0.15, 0.2) is 6.10 Å². The Hall–Kier alpha value is -1.67. The molecule has 0 aliphatic heterocycles. The van der Waals surface area contributed by atoms with E-state index in [9.17, 15) is 17.6 Å².